The number of hydrogen-bond acceptors (Lipinski definition) is 4. The summed E-state index contributed by atoms with van der Waals surface area (Å²) < 4.78 is 10.5. The number of methoxy groups -OCH3 is 1. The van der Waals surface area contributed by atoms with Gasteiger partial charge in [-0.3, -0.25) is 9.59 Å². The van der Waals surface area contributed by atoms with E-state index in [1.54, 1.807) is 16.9 Å². The molecule has 0 radical (unpaired) electrons. The molecular formula is C16H20N2O4. The van der Waals surface area contributed by atoms with E-state index in [1.165, 1.54) is 0 Å². The summed E-state index contributed by atoms with van der Waals surface area (Å²) in [5.74, 6) is 0.479. The maximum Gasteiger partial charge on any atom is 0.228 e. The zero-order chi connectivity index (χ0) is 15.5. The lowest BCUT2D eigenvalue weighted by atomic mass is 10.1. The van der Waals surface area contributed by atoms with Crippen molar-refractivity contribution in [3.8, 4) is 5.75 Å². The van der Waals surface area contributed by atoms with Crippen LogP contribution in [0.5, 0.6) is 5.75 Å². The van der Waals surface area contributed by atoms with Crippen LogP contribution in [0.1, 0.15) is 6.42 Å². The minimum Gasteiger partial charge on any atom is -0.497 e. The van der Waals surface area contributed by atoms with Gasteiger partial charge in [-0.15, -0.1) is 0 Å². The number of anilines is 1. The molecule has 2 heterocycles. The molecule has 2 amide bonds. The summed E-state index contributed by atoms with van der Waals surface area (Å²) in [6.07, 6.45) is 0.271. The second-order valence-corrected chi connectivity index (χ2v) is 5.54. The number of amides is 2. The molecule has 22 heavy (non-hydrogen) atoms. The van der Waals surface area contributed by atoms with Crippen LogP contribution in [0.15, 0.2) is 24.3 Å². The van der Waals surface area contributed by atoms with Gasteiger partial charge in [0, 0.05) is 37.8 Å². The molecule has 3 rings (SSSR count). The Morgan fingerprint density at radius 1 is 1.32 bits per heavy atom. The van der Waals surface area contributed by atoms with Gasteiger partial charge in [0.05, 0.1) is 26.2 Å². The number of ether oxygens (including phenoxy) is 2. The normalized spacial score (nSPS) is 22.0. The molecule has 0 bridgehead atoms. The van der Waals surface area contributed by atoms with E-state index in [4.69, 9.17) is 9.47 Å². The van der Waals surface area contributed by atoms with Gasteiger partial charge < -0.3 is 19.3 Å². The van der Waals surface area contributed by atoms with Crippen LogP contribution in [0.3, 0.4) is 0 Å². The predicted octanol–water partition coefficient (Wildman–Crippen LogP) is 0.907. The lowest BCUT2D eigenvalue weighted by Crippen LogP contribution is -2.44. The molecule has 2 saturated heterocycles. The van der Waals surface area contributed by atoms with Crippen LogP contribution in [0.2, 0.25) is 0 Å². The fraction of sp³-hybridized carbons (Fsp3) is 0.500. The third kappa shape index (κ3) is 2.92. The van der Waals surface area contributed by atoms with E-state index in [9.17, 15) is 9.59 Å². The Hall–Kier alpha value is -2.08. The number of benzene rings is 1. The highest BCUT2D eigenvalue weighted by atomic mass is 16.5. The number of hydrogen-bond donors (Lipinski definition) is 0. The molecule has 118 valence electrons. The Labute approximate surface area is 129 Å². The molecule has 0 aromatic heterocycles. The second-order valence-electron chi connectivity index (χ2n) is 5.54. The summed E-state index contributed by atoms with van der Waals surface area (Å²) in [5, 5.41) is 0. The van der Waals surface area contributed by atoms with Gasteiger partial charge in [-0.1, -0.05) is 6.07 Å². The minimum absolute atomic E-state index is 0.0140. The fourth-order valence-corrected chi connectivity index (χ4v) is 2.94. The van der Waals surface area contributed by atoms with Crippen molar-refractivity contribution in [1.29, 1.82) is 0 Å². The predicted molar refractivity (Wildman–Crippen MR) is 80.9 cm³/mol. The van der Waals surface area contributed by atoms with E-state index >= 15 is 0 Å². The smallest absolute Gasteiger partial charge is 0.228 e. The van der Waals surface area contributed by atoms with E-state index in [-0.39, 0.29) is 24.2 Å². The standard InChI is InChI=1S/C16H20N2O4/c1-21-14-4-2-3-13(10-14)18-11-12(9-15(18)19)16(20)17-5-7-22-8-6-17/h2-4,10,12H,5-9,11H2,1H3/t12-/m0/s1. The van der Waals surface area contributed by atoms with Crippen molar-refractivity contribution >= 4 is 17.5 Å². The first-order valence-corrected chi connectivity index (χ1v) is 7.50. The van der Waals surface area contributed by atoms with Crippen molar-refractivity contribution < 1.29 is 19.1 Å². The molecule has 0 aliphatic carbocycles. The van der Waals surface area contributed by atoms with Gasteiger partial charge >= 0.3 is 0 Å². The van der Waals surface area contributed by atoms with Crippen LogP contribution in [-0.2, 0) is 14.3 Å². The first kappa shape index (κ1) is 14.8. The second kappa shape index (κ2) is 6.36. The van der Waals surface area contributed by atoms with Crippen LogP contribution in [0, 0.1) is 5.92 Å². The topological polar surface area (TPSA) is 59.1 Å². The number of carbonyl (C=O) groups excluding carboxylic acids is 2. The van der Waals surface area contributed by atoms with Crippen molar-refractivity contribution in [2.24, 2.45) is 5.92 Å². The molecule has 0 unspecified atom stereocenters. The molecule has 1 aromatic rings. The summed E-state index contributed by atoms with van der Waals surface area (Å²) in [5.41, 5.74) is 0.779. The van der Waals surface area contributed by atoms with E-state index in [0.717, 1.165) is 5.69 Å². The number of carbonyl (C=O) groups is 2. The molecule has 2 fully saturated rings. The highest BCUT2D eigenvalue weighted by Crippen LogP contribution is 2.28. The first-order valence-electron chi connectivity index (χ1n) is 7.50. The van der Waals surface area contributed by atoms with Crippen LogP contribution in [0.25, 0.3) is 0 Å². The Balaban J connectivity index is 1.71. The van der Waals surface area contributed by atoms with Crippen molar-refractivity contribution in [2.45, 2.75) is 6.42 Å². The van der Waals surface area contributed by atoms with E-state index in [1.807, 2.05) is 24.3 Å². The zero-order valence-electron chi connectivity index (χ0n) is 12.7. The molecule has 1 atom stereocenters. The van der Waals surface area contributed by atoms with E-state index in [0.29, 0.717) is 38.6 Å². The maximum absolute atomic E-state index is 12.5. The summed E-state index contributed by atoms with van der Waals surface area (Å²) >= 11 is 0. The molecular weight excluding hydrogens is 284 g/mol. The van der Waals surface area contributed by atoms with Crippen LogP contribution >= 0.6 is 0 Å². The average Bonchev–Trinajstić information content (AvgIpc) is 2.97. The van der Waals surface area contributed by atoms with Crippen LogP contribution in [-0.4, -0.2) is 56.7 Å². The SMILES string of the molecule is COc1cccc(N2C[C@@H](C(=O)N3CCOCC3)CC2=O)c1. The molecule has 1 aromatic carbocycles. The zero-order valence-corrected chi connectivity index (χ0v) is 12.7. The molecule has 6 nitrogen and oxygen atoms in total. The number of rotatable bonds is 3. The fourth-order valence-electron chi connectivity index (χ4n) is 2.94. The molecule has 0 spiro atoms. The minimum atomic E-state index is -0.267. The third-order valence-corrected chi connectivity index (χ3v) is 4.16. The lowest BCUT2D eigenvalue weighted by Gasteiger charge is -2.29. The summed E-state index contributed by atoms with van der Waals surface area (Å²) in [6.45, 7) is 2.81. The summed E-state index contributed by atoms with van der Waals surface area (Å²) in [7, 11) is 1.59. The van der Waals surface area contributed by atoms with Gasteiger partial charge in [0.2, 0.25) is 11.8 Å². The van der Waals surface area contributed by atoms with E-state index < -0.39 is 0 Å². The molecule has 6 heteroatoms. The Morgan fingerprint density at radius 2 is 2.09 bits per heavy atom. The van der Waals surface area contributed by atoms with Gasteiger partial charge in [-0.25, -0.2) is 0 Å². The van der Waals surface area contributed by atoms with Gasteiger partial charge in [0.25, 0.3) is 0 Å². The number of morpholine rings is 1. The lowest BCUT2D eigenvalue weighted by molar-refractivity contribution is -0.139. The highest BCUT2D eigenvalue weighted by molar-refractivity contribution is 6.00. The van der Waals surface area contributed by atoms with Crippen LogP contribution < -0.4 is 9.64 Å². The first-order chi connectivity index (χ1) is 10.7. The van der Waals surface area contributed by atoms with E-state index in [2.05, 4.69) is 0 Å². The van der Waals surface area contributed by atoms with Crippen molar-refractivity contribution in [3.05, 3.63) is 24.3 Å². The summed E-state index contributed by atoms with van der Waals surface area (Å²) in [6, 6.07) is 7.36. The largest absolute Gasteiger partial charge is 0.497 e. The number of nitrogens with zero attached hydrogens (tertiary/aromatic N) is 2. The molecule has 0 N–H and O–H groups in total. The molecule has 2 aliphatic heterocycles. The maximum atomic E-state index is 12.5. The van der Waals surface area contributed by atoms with Gasteiger partial charge in [0.1, 0.15) is 5.75 Å². The van der Waals surface area contributed by atoms with Crippen molar-refractivity contribution in [3.63, 3.8) is 0 Å². The Morgan fingerprint density at radius 3 is 2.82 bits per heavy atom. The monoisotopic (exact) mass is 304 g/mol. The van der Waals surface area contributed by atoms with Crippen molar-refractivity contribution in [2.75, 3.05) is 44.9 Å². The Bertz CT molecular complexity index is 569. The summed E-state index contributed by atoms with van der Waals surface area (Å²) in [4.78, 5) is 28.2. The molecule has 2 aliphatic rings. The van der Waals surface area contributed by atoms with Crippen LogP contribution in [0.4, 0.5) is 5.69 Å². The highest BCUT2D eigenvalue weighted by Gasteiger charge is 2.37. The van der Waals surface area contributed by atoms with Gasteiger partial charge in [-0.2, -0.15) is 0 Å². The van der Waals surface area contributed by atoms with Gasteiger partial charge in [-0.05, 0) is 12.1 Å². The third-order valence-electron chi connectivity index (χ3n) is 4.16. The Kier molecular flexibility index (Phi) is 4.29. The van der Waals surface area contributed by atoms with Gasteiger partial charge in [0.15, 0.2) is 0 Å². The molecule has 0 saturated carbocycles. The quantitative estimate of drug-likeness (QED) is 0.833. The van der Waals surface area contributed by atoms with Crippen molar-refractivity contribution in [1.82, 2.24) is 4.90 Å². The average molecular weight is 304 g/mol.